The van der Waals surface area contributed by atoms with Gasteiger partial charge in [0.1, 0.15) is 11.2 Å². The first-order valence-electron chi connectivity index (χ1n) is 17.2. The highest BCUT2D eigenvalue weighted by Gasteiger charge is 2.21. The van der Waals surface area contributed by atoms with Crippen LogP contribution in [0.1, 0.15) is 0 Å². The van der Waals surface area contributed by atoms with E-state index in [4.69, 9.17) is 14.4 Å². The van der Waals surface area contributed by atoms with Gasteiger partial charge in [-0.3, -0.25) is 0 Å². The first-order chi connectivity index (χ1) is 25.3. The third kappa shape index (κ3) is 5.06. The Bertz CT molecular complexity index is 2830. The van der Waals surface area contributed by atoms with E-state index in [0.717, 1.165) is 61.1 Å². The predicted octanol–water partition coefficient (Wildman–Crippen LogP) is 13.0. The minimum atomic E-state index is 0.682. The second kappa shape index (κ2) is 11.9. The average molecular weight is 651 g/mol. The maximum absolute atomic E-state index is 6.43. The minimum absolute atomic E-state index is 0.682. The summed E-state index contributed by atoms with van der Waals surface area (Å²) >= 11 is 0. The van der Waals surface area contributed by atoms with Crippen LogP contribution < -0.4 is 0 Å². The van der Waals surface area contributed by atoms with Crippen LogP contribution in [0.2, 0.25) is 0 Å². The zero-order valence-electron chi connectivity index (χ0n) is 27.6. The maximum Gasteiger partial charge on any atom is 0.160 e. The highest BCUT2D eigenvalue weighted by molar-refractivity contribution is 6.16. The third-order valence-corrected chi connectivity index (χ3v) is 9.90. The van der Waals surface area contributed by atoms with E-state index in [2.05, 4.69) is 146 Å². The summed E-state index contributed by atoms with van der Waals surface area (Å²) in [5.74, 6) is 0.682. The Morgan fingerprint density at radius 3 is 1.76 bits per heavy atom. The molecule has 10 rings (SSSR count). The molecule has 0 radical (unpaired) electrons. The molecule has 2 heterocycles. The zero-order valence-corrected chi connectivity index (χ0v) is 27.6. The molecule has 0 aliphatic rings. The van der Waals surface area contributed by atoms with E-state index >= 15 is 0 Å². The minimum Gasteiger partial charge on any atom is -0.456 e. The monoisotopic (exact) mass is 650 g/mol. The van der Waals surface area contributed by atoms with Gasteiger partial charge in [0, 0.05) is 27.5 Å². The molecule has 0 saturated carbocycles. The lowest BCUT2D eigenvalue weighted by molar-refractivity contribution is 0.669. The normalized spacial score (nSPS) is 11.5. The highest BCUT2D eigenvalue weighted by atomic mass is 16.3. The Morgan fingerprint density at radius 2 is 0.961 bits per heavy atom. The zero-order chi connectivity index (χ0) is 33.7. The van der Waals surface area contributed by atoms with Crippen molar-refractivity contribution in [1.29, 1.82) is 0 Å². The molecule has 0 unspecified atom stereocenters. The number of aromatic nitrogens is 2. The van der Waals surface area contributed by atoms with Crippen LogP contribution in [0.3, 0.4) is 0 Å². The van der Waals surface area contributed by atoms with Crippen molar-refractivity contribution >= 4 is 43.5 Å². The van der Waals surface area contributed by atoms with Crippen molar-refractivity contribution in [3.05, 3.63) is 182 Å². The molecule has 3 heteroatoms. The van der Waals surface area contributed by atoms with Gasteiger partial charge in [-0.2, -0.15) is 0 Å². The van der Waals surface area contributed by atoms with E-state index in [1.165, 1.54) is 32.7 Å². The lowest BCUT2D eigenvalue weighted by atomic mass is 9.91. The number of benzene rings is 8. The van der Waals surface area contributed by atoms with Crippen molar-refractivity contribution in [2.75, 3.05) is 0 Å². The van der Waals surface area contributed by atoms with E-state index in [0.29, 0.717) is 5.82 Å². The topological polar surface area (TPSA) is 38.9 Å². The standard InChI is InChI=1S/C48H30N2O/c1-3-12-35(13-4-1)42-30-43(50-48(49-42)36-14-5-2-6-15-36)46-39(27-28-45-47(46)40-17-9-10-18-44(40)51-45)33-21-19-31(20-22-33)37-26-25-34-24-23-32-11-7-8-16-38(32)41(34)29-37/h1-30H. The Balaban J connectivity index is 1.18. The molecular formula is C48H30N2O. The van der Waals surface area contributed by atoms with Gasteiger partial charge in [0.15, 0.2) is 5.82 Å². The smallest absolute Gasteiger partial charge is 0.160 e. The molecule has 0 N–H and O–H groups in total. The van der Waals surface area contributed by atoms with Crippen molar-refractivity contribution in [3.8, 4) is 56.2 Å². The van der Waals surface area contributed by atoms with Gasteiger partial charge in [-0.25, -0.2) is 9.97 Å². The summed E-state index contributed by atoms with van der Waals surface area (Å²) < 4.78 is 6.43. The average Bonchev–Trinajstić information content (AvgIpc) is 3.60. The number of para-hydroxylation sites is 1. The summed E-state index contributed by atoms with van der Waals surface area (Å²) in [6.07, 6.45) is 0. The molecule has 0 bridgehead atoms. The molecule has 51 heavy (non-hydrogen) atoms. The van der Waals surface area contributed by atoms with Crippen LogP contribution in [0.4, 0.5) is 0 Å². The van der Waals surface area contributed by atoms with Gasteiger partial charge in [0.2, 0.25) is 0 Å². The summed E-state index contributed by atoms with van der Waals surface area (Å²) in [5, 5.41) is 7.14. The van der Waals surface area contributed by atoms with Gasteiger partial charge < -0.3 is 4.42 Å². The third-order valence-electron chi connectivity index (χ3n) is 9.90. The van der Waals surface area contributed by atoms with Crippen LogP contribution >= 0.6 is 0 Å². The second-order valence-corrected chi connectivity index (χ2v) is 13.0. The van der Waals surface area contributed by atoms with Crippen LogP contribution in [-0.2, 0) is 0 Å². The summed E-state index contributed by atoms with van der Waals surface area (Å²) in [6, 6.07) is 63.9. The molecule has 3 nitrogen and oxygen atoms in total. The lowest BCUT2D eigenvalue weighted by Gasteiger charge is -2.15. The molecule has 0 atom stereocenters. The molecule has 0 amide bonds. The van der Waals surface area contributed by atoms with E-state index in [9.17, 15) is 0 Å². The van der Waals surface area contributed by atoms with E-state index < -0.39 is 0 Å². The van der Waals surface area contributed by atoms with Crippen LogP contribution in [0.25, 0.3) is 99.6 Å². The SMILES string of the molecule is c1ccc(-c2cc(-c3c(-c4ccc(-c5ccc6ccc7ccccc7c6c5)cc4)ccc4oc5ccccc5c34)nc(-c3ccccc3)n2)cc1. The quantitative estimate of drug-likeness (QED) is 0.174. The number of hydrogen-bond donors (Lipinski definition) is 0. The fraction of sp³-hybridized carbons (Fsp3) is 0. The van der Waals surface area contributed by atoms with Gasteiger partial charge in [-0.15, -0.1) is 0 Å². The number of hydrogen-bond acceptors (Lipinski definition) is 3. The molecule has 8 aromatic carbocycles. The molecule has 10 aromatic rings. The number of fused-ring (bicyclic) bond motifs is 6. The largest absolute Gasteiger partial charge is 0.456 e. The molecule has 0 spiro atoms. The van der Waals surface area contributed by atoms with E-state index in [1.54, 1.807) is 0 Å². The van der Waals surface area contributed by atoms with Gasteiger partial charge >= 0.3 is 0 Å². The van der Waals surface area contributed by atoms with Crippen molar-refractivity contribution in [2.45, 2.75) is 0 Å². The first-order valence-corrected chi connectivity index (χ1v) is 17.2. The number of furan rings is 1. The van der Waals surface area contributed by atoms with Crippen molar-refractivity contribution in [1.82, 2.24) is 9.97 Å². The molecule has 0 aliphatic carbocycles. The van der Waals surface area contributed by atoms with Crippen LogP contribution in [0.5, 0.6) is 0 Å². The maximum atomic E-state index is 6.43. The fourth-order valence-corrected chi connectivity index (χ4v) is 7.40. The van der Waals surface area contributed by atoms with Gasteiger partial charge in [0.25, 0.3) is 0 Å². The summed E-state index contributed by atoms with van der Waals surface area (Å²) in [4.78, 5) is 10.4. The summed E-state index contributed by atoms with van der Waals surface area (Å²) in [6.45, 7) is 0. The summed E-state index contributed by atoms with van der Waals surface area (Å²) in [7, 11) is 0. The van der Waals surface area contributed by atoms with Crippen molar-refractivity contribution < 1.29 is 4.42 Å². The molecule has 0 saturated heterocycles. The summed E-state index contributed by atoms with van der Waals surface area (Å²) in [5.41, 5.74) is 11.0. The lowest BCUT2D eigenvalue weighted by Crippen LogP contribution is -1.97. The predicted molar refractivity (Wildman–Crippen MR) is 212 cm³/mol. The van der Waals surface area contributed by atoms with Gasteiger partial charge in [-0.05, 0) is 74.1 Å². The number of nitrogens with zero attached hydrogens (tertiary/aromatic N) is 2. The molecular weight excluding hydrogens is 621 g/mol. The van der Waals surface area contributed by atoms with Crippen LogP contribution in [0, 0.1) is 0 Å². The van der Waals surface area contributed by atoms with Crippen molar-refractivity contribution in [3.63, 3.8) is 0 Å². The van der Waals surface area contributed by atoms with Crippen molar-refractivity contribution in [2.24, 2.45) is 0 Å². The first kappa shape index (κ1) is 29.1. The second-order valence-electron chi connectivity index (χ2n) is 13.0. The fourth-order valence-electron chi connectivity index (χ4n) is 7.40. The Labute approximate surface area is 295 Å². The molecule has 2 aromatic heterocycles. The van der Waals surface area contributed by atoms with Gasteiger partial charge in [0.05, 0.1) is 11.4 Å². The van der Waals surface area contributed by atoms with Gasteiger partial charge in [-0.1, -0.05) is 152 Å². The molecule has 0 fully saturated rings. The van der Waals surface area contributed by atoms with E-state index in [1.807, 2.05) is 36.4 Å². The van der Waals surface area contributed by atoms with Crippen LogP contribution in [-0.4, -0.2) is 9.97 Å². The molecule has 0 aliphatic heterocycles. The molecule has 238 valence electrons. The Kier molecular flexibility index (Phi) is 6.81. The Hall–Kier alpha value is -6.84. The Morgan fingerprint density at radius 1 is 0.353 bits per heavy atom. The van der Waals surface area contributed by atoms with Crippen LogP contribution in [0.15, 0.2) is 186 Å². The van der Waals surface area contributed by atoms with E-state index in [-0.39, 0.29) is 0 Å². The highest BCUT2D eigenvalue weighted by Crippen LogP contribution is 2.44. The number of rotatable bonds is 5.